The first-order valence-electron chi connectivity index (χ1n) is 6.28. The van der Waals surface area contributed by atoms with Crippen LogP contribution in [0.25, 0.3) is 10.9 Å². The van der Waals surface area contributed by atoms with Crippen molar-refractivity contribution in [2.75, 3.05) is 0 Å². The van der Waals surface area contributed by atoms with E-state index in [1.165, 1.54) is 6.07 Å². The highest BCUT2D eigenvalue weighted by Crippen LogP contribution is 2.29. The molecule has 3 aromatic rings. The first-order chi connectivity index (χ1) is 9.78. The average molecular weight is 268 g/mol. The fourth-order valence-electron chi connectivity index (χ4n) is 2.04. The lowest BCUT2D eigenvalue weighted by Crippen LogP contribution is -1.99. The van der Waals surface area contributed by atoms with Crippen molar-refractivity contribution < 1.29 is 9.13 Å². The minimum absolute atomic E-state index is 0.171. The van der Waals surface area contributed by atoms with Crippen molar-refractivity contribution in [3.8, 4) is 11.5 Å². The normalized spacial score (nSPS) is 10.7. The van der Waals surface area contributed by atoms with Crippen molar-refractivity contribution in [1.82, 2.24) is 4.98 Å². The Balaban J connectivity index is 1.99. The molecule has 0 aliphatic carbocycles. The number of fused-ring (bicyclic) bond motifs is 1. The standard InChI is InChI=1S/C16H13FN2O/c17-14-9-12(6-5-11(14)10-18)20-16-7-8-19-15-4-2-1-3-13(15)16/h1-9H,10,18H2. The van der Waals surface area contributed by atoms with Gasteiger partial charge in [-0.3, -0.25) is 4.98 Å². The average Bonchev–Trinajstić information content (AvgIpc) is 2.48. The molecule has 0 fully saturated rings. The predicted octanol–water partition coefficient (Wildman–Crippen LogP) is 3.62. The fourth-order valence-corrected chi connectivity index (χ4v) is 2.04. The third-order valence-corrected chi connectivity index (χ3v) is 3.08. The smallest absolute Gasteiger partial charge is 0.138 e. The summed E-state index contributed by atoms with van der Waals surface area (Å²) in [4.78, 5) is 4.26. The van der Waals surface area contributed by atoms with Gasteiger partial charge in [0, 0.05) is 29.8 Å². The Morgan fingerprint density at radius 2 is 1.95 bits per heavy atom. The van der Waals surface area contributed by atoms with Crippen LogP contribution in [-0.2, 0) is 6.54 Å². The molecule has 0 saturated heterocycles. The van der Waals surface area contributed by atoms with Crippen LogP contribution in [-0.4, -0.2) is 4.98 Å². The highest BCUT2D eigenvalue weighted by molar-refractivity contribution is 5.84. The van der Waals surface area contributed by atoms with E-state index in [-0.39, 0.29) is 12.4 Å². The van der Waals surface area contributed by atoms with Gasteiger partial charge in [0.15, 0.2) is 0 Å². The lowest BCUT2D eigenvalue weighted by Gasteiger charge is -2.09. The van der Waals surface area contributed by atoms with E-state index in [4.69, 9.17) is 10.5 Å². The fraction of sp³-hybridized carbons (Fsp3) is 0.0625. The van der Waals surface area contributed by atoms with Gasteiger partial charge in [0.1, 0.15) is 17.3 Å². The van der Waals surface area contributed by atoms with E-state index in [0.717, 1.165) is 10.9 Å². The minimum Gasteiger partial charge on any atom is -0.456 e. The molecule has 0 radical (unpaired) electrons. The predicted molar refractivity (Wildman–Crippen MR) is 76.1 cm³/mol. The second-order valence-corrected chi connectivity index (χ2v) is 4.39. The van der Waals surface area contributed by atoms with Crippen molar-refractivity contribution in [1.29, 1.82) is 0 Å². The lowest BCUT2D eigenvalue weighted by molar-refractivity contribution is 0.480. The SMILES string of the molecule is NCc1ccc(Oc2ccnc3ccccc23)cc1F. The first-order valence-corrected chi connectivity index (χ1v) is 6.28. The Labute approximate surface area is 115 Å². The number of nitrogens with two attached hydrogens (primary N) is 1. The van der Waals surface area contributed by atoms with E-state index >= 15 is 0 Å². The molecule has 2 N–H and O–H groups in total. The minimum atomic E-state index is -0.358. The molecule has 0 amide bonds. The second-order valence-electron chi connectivity index (χ2n) is 4.39. The third-order valence-electron chi connectivity index (χ3n) is 3.08. The Morgan fingerprint density at radius 1 is 1.10 bits per heavy atom. The van der Waals surface area contributed by atoms with E-state index < -0.39 is 0 Å². The van der Waals surface area contributed by atoms with Gasteiger partial charge in [-0.2, -0.15) is 0 Å². The van der Waals surface area contributed by atoms with Crippen LogP contribution >= 0.6 is 0 Å². The molecule has 0 aliphatic heterocycles. The van der Waals surface area contributed by atoms with Crippen molar-refractivity contribution in [2.45, 2.75) is 6.54 Å². The zero-order valence-electron chi connectivity index (χ0n) is 10.7. The van der Waals surface area contributed by atoms with Crippen LogP contribution in [0, 0.1) is 5.82 Å². The summed E-state index contributed by atoms with van der Waals surface area (Å²) in [7, 11) is 0. The second kappa shape index (κ2) is 5.27. The number of pyridine rings is 1. The number of benzene rings is 2. The van der Waals surface area contributed by atoms with Gasteiger partial charge in [0.25, 0.3) is 0 Å². The number of aromatic nitrogens is 1. The maximum absolute atomic E-state index is 13.7. The summed E-state index contributed by atoms with van der Waals surface area (Å²) in [6.07, 6.45) is 1.67. The summed E-state index contributed by atoms with van der Waals surface area (Å²) in [5.41, 5.74) is 6.75. The number of hydrogen-bond acceptors (Lipinski definition) is 3. The highest BCUT2D eigenvalue weighted by Gasteiger charge is 2.06. The summed E-state index contributed by atoms with van der Waals surface area (Å²) < 4.78 is 19.4. The number of hydrogen-bond donors (Lipinski definition) is 1. The molecule has 3 rings (SSSR count). The molecule has 100 valence electrons. The maximum atomic E-state index is 13.7. The van der Waals surface area contributed by atoms with Gasteiger partial charge in [0.2, 0.25) is 0 Å². The molecule has 1 heterocycles. The monoisotopic (exact) mass is 268 g/mol. The van der Waals surface area contributed by atoms with E-state index in [0.29, 0.717) is 17.1 Å². The topological polar surface area (TPSA) is 48.1 Å². The zero-order valence-corrected chi connectivity index (χ0v) is 10.7. The van der Waals surface area contributed by atoms with Gasteiger partial charge in [-0.05, 0) is 24.3 Å². The van der Waals surface area contributed by atoms with Crippen LogP contribution in [0.3, 0.4) is 0 Å². The van der Waals surface area contributed by atoms with Gasteiger partial charge in [-0.25, -0.2) is 4.39 Å². The zero-order chi connectivity index (χ0) is 13.9. The number of ether oxygens (including phenoxy) is 1. The molecule has 0 bridgehead atoms. The van der Waals surface area contributed by atoms with E-state index in [9.17, 15) is 4.39 Å². The van der Waals surface area contributed by atoms with Crippen LogP contribution in [0.1, 0.15) is 5.56 Å². The number of para-hydroxylation sites is 1. The number of halogens is 1. The van der Waals surface area contributed by atoms with E-state index in [2.05, 4.69) is 4.98 Å². The van der Waals surface area contributed by atoms with E-state index in [1.807, 2.05) is 24.3 Å². The molecule has 4 heteroatoms. The quantitative estimate of drug-likeness (QED) is 0.789. The summed E-state index contributed by atoms with van der Waals surface area (Å²) in [6, 6.07) is 14.1. The molecular weight excluding hydrogens is 255 g/mol. The molecule has 20 heavy (non-hydrogen) atoms. The van der Waals surface area contributed by atoms with Crippen LogP contribution in [0.15, 0.2) is 54.7 Å². The molecule has 3 nitrogen and oxygen atoms in total. The van der Waals surface area contributed by atoms with Crippen LogP contribution in [0.5, 0.6) is 11.5 Å². The molecule has 0 saturated carbocycles. The van der Waals surface area contributed by atoms with Gasteiger partial charge in [0.05, 0.1) is 5.52 Å². The molecule has 0 atom stereocenters. The number of rotatable bonds is 3. The highest BCUT2D eigenvalue weighted by atomic mass is 19.1. The molecule has 2 aromatic carbocycles. The summed E-state index contributed by atoms with van der Waals surface area (Å²) >= 11 is 0. The molecule has 0 unspecified atom stereocenters. The van der Waals surface area contributed by atoms with Gasteiger partial charge in [-0.15, -0.1) is 0 Å². The van der Waals surface area contributed by atoms with Crippen LogP contribution in [0.4, 0.5) is 4.39 Å². The van der Waals surface area contributed by atoms with E-state index in [1.54, 1.807) is 24.4 Å². The largest absolute Gasteiger partial charge is 0.456 e. The van der Waals surface area contributed by atoms with Crippen LogP contribution in [0.2, 0.25) is 0 Å². The Morgan fingerprint density at radius 3 is 2.75 bits per heavy atom. The Bertz CT molecular complexity index is 753. The van der Waals surface area contributed by atoms with Gasteiger partial charge < -0.3 is 10.5 Å². The summed E-state index contributed by atoms with van der Waals surface area (Å²) in [5.74, 6) is 0.731. The Kier molecular flexibility index (Phi) is 3.31. The first kappa shape index (κ1) is 12.6. The lowest BCUT2D eigenvalue weighted by atomic mass is 10.2. The van der Waals surface area contributed by atoms with Crippen molar-refractivity contribution >= 4 is 10.9 Å². The summed E-state index contributed by atoms with van der Waals surface area (Å²) in [6.45, 7) is 0.171. The molecule has 0 spiro atoms. The van der Waals surface area contributed by atoms with Gasteiger partial charge in [-0.1, -0.05) is 18.2 Å². The van der Waals surface area contributed by atoms with Crippen molar-refractivity contribution in [2.24, 2.45) is 5.73 Å². The molecule has 0 aliphatic rings. The van der Waals surface area contributed by atoms with Crippen molar-refractivity contribution in [3.05, 3.63) is 66.1 Å². The summed E-state index contributed by atoms with van der Waals surface area (Å²) in [5, 5.41) is 0.887. The maximum Gasteiger partial charge on any atom is 0.138 e. The van der Waals surface area contributed by atoms with Crippen molar-refractivity contribution in [3.63, 3.8) is 0 Å². The number of nitrogens with zero attached hydrogens (tertiary/aromatic N) is 1. The van der Waals surface area contributed by atoms with Crippen LogP contribution < -0.4 is 10.5 Å². The Hall–Kier alpha value is -2.46. The molecule has 1 aromatic heterocycles. The van der Waals surface area contributed by atoms with Gasteiger partial charge >= 0.3 is 0 Å². The third kappa shape index (κ3) is 2.33. The molecular formula is C16H13FN2O.